The summed E-state index contributed by atoms with van der Waals surface area (Å²) in [6, 6.07) is 15.6. The number of halogens is 1. The highest BCUT2D eigenvalue weighted by Gasteiger charge is 2.48. The van der Waals surface area contributed by atoms with E-state index in [1.165, 1.54) is 19.1 Å². The van der Waals surface area contributed by atoms with E-state index in [9.17, 15) is 19.2 Å². The number of fused-ring (bicyclic) bond motifs is 1. The van der Waals surface area contributed by atoms with Crippen LogP contribution in [0.2, 0.25) is 5.02 Å². The SMILES string of the molecule is COC(=O)C1(C2CCCCC2)CCN(C(=O)CNC(=O)c2cc(=O)c3ccccc3o2)CC1.Cc1ccc(Cl)cc1. The van der Waals surface area contributed by atoms with Crippen molar-refractivity contribution in [1.29, 1.82) is 0 Å². The molecule has 1 aliphatic carbocycles. The van der Waals surface area contributed by atoms with E-state index in [1.54, 1.807) is 29.2 Å². The minimum Gasteiger partial charge on any atom is -0.469 e. The number of nitrogens with zero attached hydrogens (tertiary/aromatic N) is 1. The summed E-state index contributed by atoms with van der Waals surface area (Å²) in [4.78, 5) is 51.9. The van der Waals surface area contributed by atoms with Gasteiger partial charge < -0.3 is 19.4 Å². The molecule has 0 unspecified atom stereocenters. The average molecular weight is 581 g/mol. The molecule has 2 heterocycles. The number of piperidine rings is 1. The Balaban J connectivity index is 0.000000417. The molecule has 8 nitrogen and oxygen atoms in total. The molecule has 2 fully saturated rings. The molecule has 2 aliphatic rings. The minimum absolute atomic E-state index is 0.132. The largest absolute Gasteiger partial charge is 0.469 e. The topological polar surface area (TPSA) is 106 Å². The van der Waals surface area contributed by atoms with Gasteiger partial charge in [-0.3, -0.25) is 19.2 Å². The molecule has 41 heavy (non-hydrogen) atoms. The predicted molar refractivity (Wildman–Crippen MR) is 158 cm³/mol. The number of aryl methyl sites for hydroxylation is 1. The third kappa shape index (κ3) is 7.36. The Morgan fingerprint density at radius 2 is 1.68 bits per heavy atom. The number of methoxy groups -OCH3 is 1. The van der Waals surface area contributed by atoms with Gasteiger partial charge in [-0.1, -0.05) is 60.7 Å². The molecule has 218 valence electrons. The van der Waals surface area contributed by atoms with E-state index in [-0.39, 0.29) is 29.6 Å². The minimum atomic E-state index is -0.616. The third-order valence-corrected chi connectivity index (χ3v) is 8.51. The van der Waals surface area contributed by atoms with Crippen molar-refractivity contribution in [3.63, 3.8) is 0 Å². The molecule has 0 atom stereocenters. The summed E-state index contributed by atoms with van der Waals surface area (Å²) in [5.74, 6) is -0.845. The summed E-state index contributed by atoms with van der Waals surface area (Å²) in [6.07, 6.45) is 6.65. The summed E-state index contributed by atoms with van der Waals surface area (Å²) < 4.78 is 10.7. The van der Waals surface area contributed by atoms with Crippen LogP contribution in [0.5, 0.6) is 0 Å². The van der Waals surface area contributed by atoms with Gasteiger partial charge in [0.1, 0.15) is 5.58 Å². The summed E-state index contributed by atoms with van der Waals surface area (Å²) in [5, 5.41) is 3.75. The Kier molecular flexibility index (Phi) is 10.2. The van der Waals surface area contributed by atoms with Crippen LogP contribution in [0, 0.1) is 18.3 Å². The van der Waals surface area contributed by atoms with E-state index in [1.807, 2.05) is 31.2 Å². The number of para-hydroxylation sites is 1. The number of ether oxygens (including phenoxy) is 1. The van der Waals surface area contributed by atoms with Gasteiger partial charge in [0.05, 0.1) is 24.5 Å². The van der Waals surface area contributed by atoms with Crippen molar-refractivity contribution in [1.82, 2.24) is 10.2 Å². The second-order valence-corrected chi connectivity index (χ2v) is 11.2. The molecule has 3 aromatic rings. The van der Waals surface area contributed by atoms with Crippen LogP contribution in [0.25, 0.3) is 11.0 Å². The number of likely N-dealkylation sites (tertiary alicyclic amines) is 1. The van der Waals surface area contributed by atoms with Gasteiger partial charge in [0.2, 0.25) is 5.91 Å². The van der Waals surface area contributed by atoms with E-state index in [4.69, 9.17) is 20.8 Å². The predicted octanol–water partition coefficient (Wildman–Crippen LogP) is 5.53. The second-order valence-electron chi connectivity index (χ2n) is 10.8. The van der Waals surface area contributed by atoms with E-state index in [0.717, 1.165) is 36.8 Å². The van der Waals surface area contributed by atoms with Gasteiger partial charge in [-0.05, 0) is 62.8 Å². The highest BCUT2D eigenvalue weighted by atomic mass is 35.5. The zero-order valence-corrected chi connectivity index (χ0v) is 24.4. The zero-order chi connectivity index (χ0) is 29.4. The number of hydrogen-bond acceptors (Lipinski definition) is 6. The summed E-state index contributed by atoms with van der Waals surface area (Å²) in [7, 11) is 1.44. The first-order chi connectivity index (χ1) is 19.7. The first-order valence-corrected chi connectivity index (χ1v) is 14.5. The van der Waals surface area contributed by atoms with Crippen molar-refractivity contribution in [3.05, 3.63) is 81.2 Å². The Bertz CT molecular complexity index is 1400. The van der Waals surface area contributed by atoms with Crippen LogP contribution in [0.1, 0.15) is 61.1 Å². The summed E-state index contributed by atoms with van der Waals surface area (Å²) >= 11 is 5.61. The smallest absolute Gasteiger partial charge is 0.312 e. The average Bonchev–Trinajstić information content (AvgIpc) is 3.01. The maximum Gasteiger partial charge on any atom is 0.312 e. The molecule has 0 radical (unpaired) electrons. The van der Waals surface area contributed by atoms with Gasteiger partial charge in [0.25, 0.3) is 5.91 Å². The molecular weight excluding hydrogens is 544 g/mol. The molecule has 2 aromatic carbocycles. The highest BCUT2D eigenvalue weighted by molar-refractivity contribution is 6.30. The van der Waals surface area contributed by atoms with Crippen molar-refractivity contribution in [2.45, 2.75) is 51.9 Å². The standard InChI is InChI=1S/C25H30N2O6.C7H7Cl/c1-32-24(31)25(17-7-3-2-4-8-17)11-13-27(14-12-25)22(29)16-26-23(30)21-15-19(28)18-9-5-6-10-20(18)33-21;1-6-2-4-7(8)5-3-6/h5-6,9-10,15,17H,2-4,7-8,11-14,16H2,1H3,(H,26,30);2-5H,1H3. The van der Waals surface area contributed by atoms with Gasteiger partial charge in [0.15, 0.2) is 11.2 Å². The molecule has 2 amide bonds. The summed E-state index contributed by atoms with van der Waals surface area (Å²) in [5.41, 5.74) is 0.726. The Morgan fingerprint density at radius 3 is 2.32 bits per heavy atom. The Labute approximate surface area is 245 Å². The van der Waals surface area contributed by atoms with Crippen LogP contribution < -0.4 is 10.7 Å². The lowest BCUT2D eigenvalue weighted by Gasteiger charge is -2.45. The molecule has 9 heteroatoms. The number of nitrogens with one attached hydrogen (secondary N) is 1. The lowest BCUT2D eigenvalue weighted by molar-refractivity contribution is -0.163. The van der Waals surface area contributed by atoms with Crippen LogP contribution in [0.4, 0.5) is 0 Å². The number of esters is 1. The Hall–Kier alpha value is -3.65. The van der Waals surface area contributed by atoms with E-state index < -0.39 is 11.3 Å². The Morgan fingerprint density at radius 1 is 1.02 bits per heavy atom. The molecular formula is C32H37ClN2O6. The fourth-order valence-corrected chi connectivity index (χ4v) is 6.02. The molecule has 5 rings (SSSR count). The molecule has 0 bridgehead atoms. The number of benzene rings is 2. The fourth-order valence-electron chi connectivity index (χ4n) is 5.90. The van der Waals surface area contributed by atoms with Crippen LogP contribution in [0.15, 0.2) is 63.8 Å². The first-order valence-electron chi connectivity index (χ1n) is 14.1. The van der Waals surface area contributed by atoms with Crippen molar-refractivity contribution in [2.24, 2.45) is 11.3 Å². The lowest BCUT2D eigenvalue weighted by atomic mass is 9.63. The van der Waals surface area contributed by atoms with Gasteiger partial charge in [-0.2, -0.15) is 0 Å². The quantitative estimate of drug-likeness (QED) is 0.398. The fraction of sp³-hybridized carbons (Fsp3) is 0.438. The van der Waals surface area contributed by atoms with Crippen LogP contribution in [0.3, 0.4) is 0 Å². The third-order valence-electron chi connectivity index (χ3n) is 8.26. The number of carbonyl (C=O) groups excluding carboxylic acids is 3. The van der Waals surface area contributed by atoms with Gasteiger partial charge in [-0.15, -0.1) is 0 Å². The van der Waals surface area contributed by atoms with Crippen molar-refractivity contribution in [3.8, 4) is 0 Å². The van der Waals surface area contributed by atoms with Crippen LogP contribution in [-0.2, 0) is 14.3 Å². The molecule has 1 saturated heterocycles. The molecule has 1 saturated carbocycles. The normalized spacial score (nSPS) is 16.8. The maximum atomic E-state index is 12.7. The molecule has 0 spiro atoms. The summed E-state index contributed by atoms with van der Waals surface area (Å²) in [6.45, 7) is 2.73. The zero-order valence-electron chi connectivity index (χ0n) is 23.6. The number of hydrogen-bond donors (Lipinski definition) is 1. The number of amides is 2. The van der Waals surface area contributed by atoms with E-state index >= 15 is 0 Å². The highest BCUT2D eigenvalue weighted by Crippen LogP contribution is 2.46. The van der Waals surface area contributed by atoms with E-state index in [2.05, 4.69) is 5.32 Å². The van der Waals surface area contributed by atoms with Crippen molar-refractivity contribution in [2.75, 3.05) is 26.7 Å². The number of rotatable bonds is 5. The van der Waals surface area contributed by atoms with Gasteiger partial charge in [-0.25, -0.2) is 0 Å². The van der Waals surface area contributed by atoms with E-state index in [0.29, 0.717) is 42.8 Å². The first kappa shape index (κ1) is 30.3. The van der Waals surface area contributed by atoms with Gasteiger partial charge in [0, 0.05) is 24.2 Å². The van der Waals surface area contributed by atoms with Crippen LogP contribution in [-0.4, -0.2) is 49.4 Å². The maximum absolute atomic E-state index is 12.7. The van der Waals surface area contributed by atoms with Crippen LogP contribution >= 0.6 is 11.6 Å². The molecule has 1 aromatic heterocycles. The van der Waals surface area contributed by atoms with Crippen molar-refractivity contribution < 1.29 is 23.5 Å². The van der Waals surface area contributed by atoms with Crippen molar-refractivity contribution >= 4 is 40.4 Å². The van der Waals surface area contributed by atoms with Gasteiger partial charge >= 0.3 is 5.97 Å². The second kappa shape index (κ2) is 13.8. The number of carbonyl (C=O) groups is 3. The monoisotopic (exact) mass is 580 g/mol. The molecule has 1 aliphatic heterocycles. The molecule has 1 N–H and O–H groups in total. The lowest BCUT2D eigenvalue weighted by Crippen LogP contribution is -2.52.